The monoisotopic (exact) mass is 308 g/mol. The van der Waals surface area contributed by atoms with Gasteiger partial charge >= 0.3 is 0 Å². The lowest BCUT2D eigenvalue weighted by molar-refractivity contribution is -0.120. The van der Waals surface area contributed by atoms with Gasteiger partial charge in [0.15, 0.2) is 0 Å². The zero-order valence-electron chi connectivity index (χ0n) is 10.1. The normalized spacial score (nSPS) is 11.3. The zero-order valence-corrected chi connectivity index (χ0v) is 11.7. The fourth-order valence-corrected chi connectivity index (χ4v) is 2.01. The summed E-state index contributed by atoms with van der Waals surface area (Å²) >= 11 is 5.45. The van der Waals surface area contributed by atoms with E-state index in [0.29, 0.717) is 13.2 Å². The number of aromatic nitrogens is 2. The first-order chi connectivity index (χ1) is 8.95. The highest BCUT2D eigenvalue weighted by atomic mass is 35.5. The Kier molecular flexibility index (Phi) is 6.09. The highest BCUT2D eigenvalue weighted by molar-refractivity contribution is 7.89. The van der Waals surface area contributed by atoms with Crippen molar-refractivity contribution in [1.29, 1.82) is 0 Å². The Morgan fingerprint density at radius 2 is 2.05 bits per heavy atom. The van der Waals surface area contributed by atoms with Crippen LogP contribution in [0.1, 0.15) is 0 Å². The smallest absolute Gasteiger partial charge is 0.244 e. The molecule has 8 nitrogen and oxygen atoms in total. The Balaban J connectivity index is 2.51. The van der Waals surface area contributed by atoms with Crippen LogP contribution in [0.15, 0.2) is 17.3 Å². The Morgan fingerprint density at radius 1 is 1.42 bits per heavy atom. The first kappa shape index (κ1) is 15.8. The average Bonchev–Trinajstić information content (AvgIpc) is 2.37. The maximum absolute atomic E-state index is 11.7. The van der Waals surface area contributed by atoms with E-state index in [1.807, 2.05) is 0 Å². The maximum Gasteiger partial charge on any atom is 0.244 e. The number of halogens is 1. The summed E-state index contributed by atoms with van der Waals surface area (Å²) in [6.07, 6.45) is 2.11. The summed E-state index contributed by atoms with van der Waals surface area (Å²) in [5.41, 5.74) is 0. The molecule has 19 heavy (non-hydrogen) atoms. The third kappa shape index (κ3) is 5.47. The number of nitrogens with zero attached hydrogens (tertiary/aromatic N) is 2. The molecule has 1 heterocycles. The van der Waals surface area contributed by atoms with Gasteiger partial charge in [-0.05, 0) is 11.6 Å². The molecule has 0 aromatic carbocycles. The summed E-state index contributed by atoms with van der Waals surface area (Å²) in [4.78, 5) is 18.2. The molecule has 106 valence electrons. The third-order valence-corrected chi connectivity index (χ3v) is 3.51. The predicted octanol–water partition coefficient (Wildman–Crippen LogP) is -0.829. The van der Waals surface area contributed by atoms with E-state index in [9.17, 15) is 13.2 Å². The van der Waals surface area contributed by atoms with Gasteiger partial charge in [-0.2, -0.15) is 0 Å². The van der Waals surface area contributed by atoms with Crippen molar-refractivity contribution in [3.63, 3.8) is 0 Å². The molecule has 1 aromatic rings. The predicted molar refractivity (Wildman–Crippen MR) is 67.1 cm³/mol. The van der Waals surface area contributed by atoms with Gasteiger partial charge in [0.2, 0.25) is 21.2 Å². The number of hydrogen-bond acceptors (Lipinski definition) is 6. The van der Waals surface area contributed by atoms with Crippen molar-refractivity contribution >= 4 is 27.5 Å². The van der Waals surface area contributed by atoms with Crippen LogP contribution in [0, 0.1) is 0 Å². The van der Waals surface area contributed by atoms with Crippen LogP contribution in [0.4, 0.5) is 0 Å². The van der Waals surface area contributed by atoms with E-state index >= 15 is 0 Å². The van der Waals surface area contributed by atoms with Gasteiger partial charge < -0.3 is 10.1 Å². The highest BCUT2D eigenvalue weighted by Crippen LogP contribution is 2.06. The van der Waals surface area contributed by atoms with Gasteiger partial charge in [0.25, 0.3) is 0 Å². The maximum atomic E-state index is 11.7. The standard InChI is InChI=1S/C9H13ClN4O4S/c1-18-3-2-11-8(15)6-14-19(16,17)7-4-12-9(10)13-5-7/h4-5,14H,2-3,6H2,1H3,(H,11,15). The SMILES string of the molecule is COCCNC(=O)CNS(=O)(=O)c1cnc(Cl)nc1. The molecule has 0 fully saturated rings. The number of sulfonamides is 1. The number of amides is 1. The van der Waals surface area contributed by atoms with Crippen LogP contribution in [0.2, 0.25) is 5.28 Å². The summed E-state index contributed by atoms with van der Waals surface area (Å²) in [6.45, 7) is 0.277. The average molecular weight is 309 g/mol. The minimum atomic E-state index is -3.83. The van der Waals surface area contributed by atoms with Gasteiger partial charge in [-0.25, -0.2) is 23.1 Å². The molecule has 1 aromatic heterocycles. The molecule has 10 heteroatoms. The van der Waals surface area contributed by atoms with Gasteiger partial charge in [0.1, 0.15) is 4.90 Å². The van der Waals surface area contributed by atoms with Crippen molar-refractivity contribution in [2.45, 2.75) is 4.90 Å². The molecule has 1 rings (SSSR count). The second-order valence-corrected chi connectivity index (χ2v) is 5.46. The minimum absolute atomic E-state index is 0.0590. The lowest BCUT2D eigenvalue weighted by Gasteiger charge is -2.07. The Morgan fingerprint density at radius 3 is 2.63 bits per heavy atom. The summed E-state index contributed by atoms with van der Waals surface area (Å²) in [7, 11) is -2.33. The molecular weight excluding hydrogens is 296 g/mol. The summed E-state index contributed by atoms with van der Waals surface area (Å²) < 4.78 is 30.3. The first-order valence-corrected chi connectivity index (χ1v) is 7.04. The number of carbonyl (C=O) groups is 1. The molecule has 0 aliphatic heterocycles. The van der Waals surface area contributed by atoms with Crippen LogP contribution in [0.5, 0.6) is 0 Å². The van der Waals surface area contributed by atoms with Crippen molar-refractivity contribution in [3.8, 4) is 0 Å². The molecule has 0 aliphatic rings. The van der Waals surface area contributed by atoms with Crippen LogP contribution >= 0.6 is 11.6 Å². The van der Waals surface area contributed by atoms with Crippen molar-refractivity contribution in [1.82, 2.24) is 20.0 Å². The van der Waals surface area contributed by atoms with Crippen LogP contribution in [0.25, 0.3) is 0 Å². The number of rotatable bonds is 7. The molecule has 0 spiro atoms. The third-order valence-electron chi connectivity index (χ3n) is 1.96. The highest BCUT2D eigenvalue weighted by Gasteiger charge is 2.16. The quantitative estimate of drug-likeness (QED) is 0.502. The Bertz CT molecular complexity index is 520. The van der Waals surface area contributed by atoms with E-state index in [-0.39, 0.29) is 16.7 Å². The fourth-order valence-electron chi connectivity index (χ4n) is 1.04. The van der Waals surface area contributed by atoms with Crippen molar-refractivity contribution in [2.75, 3.05) is 26.8 Å². The topological polar surface area (TPSA) is 110 Å². The number of carbonyl (C=O) groups excluding carboxylic acids is 1. The van der Waals surface area contributed by atoms with E-state index in [2.05, 4.69) is 20.0 Å². The molecule has 0 radical (unpaired) electrons. The van der Waals surface area contributed by atoms with E-state index in [0.717, 1.165) is 12.4 Å². The van der Waals surface area contributed by atoms with E-state index in [4.69, 9.17) is 16.3 Å². The van der Waals surface area contributed by atoms with E-state index in [1.165, 1.54) is 7.11 Å². The zero-order chi connectivity index (χ0) is 14.3. The first-order valence-electron chi connectivity index (χ1n) is 5.18. The van der Waals surface area contributed by atoms with Crippen molar-refractivity contribution in [3.05, 3.63) is 17.7 Å². The van der Waals surface area contributed by atoms with Crippen molar-refractivity contribution in [2.24, 2.45) is 0 Å². The summed E-state index contributed by atoms with van der Waals surface area (Å²) in [6, 6.07) is 0. The van der Waals surface area contributed by atoms with Gasteiger partial charge in [-0.1, -0.05) is 0 Å². The van der Waals surface area contributed by atoms with Crippen LogP contribution in [-0.4, -0.2) is 51.1 Å². The largest absolute Gasteiger partial charge is 0.383 e. The minimum Gasteiger partial charge on any atom is -0.383 e. The van der Waals surface area contributed by atoms with Crippen LogP contribution in [0.3, 0.4) is 0 Å². The van der Waals surface area contributed by atoms with E-state index < -0.39 is 15.9 Å². The number of ether oxygens (including phenoxy) is 1. The molecule has 0 atom stereocenters. The number of hydrogen-bond donors (Lipinski definition) is 2. The molecule has 0 aliphatic carbocycles. The van der Waals surface area contributed by atoms with Gasteiger partial charge in [-0.3, -0.25) is 4.79 Å². The molecule has 2 N–H and O–H groups in total. The van der Waals surface area contributed by atoms with Crippen molar-refractivity contribution < 1.29 is 17.9 Å². The lowest BCUT2D eigenvalue weighted by atomic mass is 10.6. The second-order valence-electron chi connectivity index (χ2n) is 3.36. The number of nitrogens with one attached hydrogen (secondary N) is 2. The molecule has 0 saturated carbocycles. The van der Waals surface area contributed by atoms with Gasteiger partial charge in [-0.15, -0.1) is 0 Å². The van der Waals surface area contributed by atoms with E-state index in [1.54, 1.807) is 0 Å². The summed E-state index contributed by atoms with van der Waals surface area (Å²) in [5.74, 6) is -0.462. The van der Waals surface area contributed by atoms with Crippen LogP contribution in [-0.2, 0) is 19.6 Å². The number of methoxy groups -OCH3 is 1. The lowest BCUT2D eigenvalue weighted by Crippen LogP contribution is -2.38. The molecule has 0 saturated heterocycles. The molecule has 0 bridgehead atoms. The Hall–Kier alpha value is -1.29. The molecule has 1 amide bonds. The van der Waals surface area contributed by atoms with Gasteiger partial charge in [0.05, 0.1) is 25.5 Å². The Labute approximate surface area is 115 Å². The second kappa shape index (κ2) is 7.34. The molecular formula is C9H13ClN4O4S. The molecule has 0 unspecified atom stereocenters. The van der Waals surface area contributed by atoms with Gasteiger partial charge in [0, 0.05) is 13.7 Å². The summed E-state index contributed by atoms with van der Waals surface area (Å²) in [5, 5.41) is 2.41. The van der Waals surface area contributed by atoms with Crippen LogP contribution < -0.4 is 10.0 Å². The fraction of sp³-hybridized carbons (Fsp3) is 0.444.